The van der Waals surface area contributed by atoms with E-state index in [4.69, 9.17) is 21.1 Å². The first-order chi connectivity index (χ1) is 13.8. The molecule has 0 saturated heterocycles. The van der Waals surface area contributed by atoms with E-state index in [0.717, 1.165) is 10.0 Å². The second-order valence-corrected chi connectivity index (χ2v) is 7.63. The van der Waals surface area contributed by atoms with Gasteiger partial charge in [-0.3, -0.25) is 9.59 Å². The molecule has 1 N–H and O–H groups in total. The molecular formula is C21H24BrClN2O4. The van der Waals surface area contributed by atoms with Crippen LogP contribution in [0.4, 0.5) is 0 Å². The minimum Gasteiger partial charge on any atom is -0.497 e. The summed E-state index contributed by atoms with van der Waals surface area (Å²) in [5.74, 6) is 0.518. The van der Waals surface area contributed by atoms with Gasteiger partial charge in [0.05, 0.1) is 12.1 Å². The van der Waals surface area contributed by atoms with Gasteiger partial charge in [-0.2, -0.15) is 0 Å². The third kappa shape index (κ3) is 6.65. The number of rotatable bonds is 9. The second-order valence-electron chi connectivity index (χ2n) is 6.31. The summed E-state index contributed by atoms with van der Waals surface area (Å²) in [6.45, 7) is 4.00. The summed E-state index contributed by atoms with van der Waals surface area (Å²) in [7, 11) is 1.58. The molecule has 0 aromatic heterocycles. The molecule has 2 rings (SSSR count). The van der Waals surface area contributed by atoms with Gasteiger partial charge in [0.15, 0.2) is 6.61 Å². The average Bonchev–Trinajstić information content (AvgIpc) is 2.71. The van der Waals surface area contributed by atoms with Crippen molar-refractivity contribution in [2.24, 2.45) is 0 Å². The van der Waals surface area contributed by atoms with E-state index in [1.165, 1.54) is 4.90 Å². The van der Waals surface area contributed by atoms with Crippen LogP contribution in [0.25, 0.3) is 0 Å². The Labute approximate surface area is 184 Å². The smallest absolute Gasteiger partial charge is 0.261 e. The molecule has 0 aliphatic carbocycles. The normalized spacial score (nSPS) is 11.5. The van der Waals surface area contributed by atoms with Gasteiger partial charge >= 0.3 is 0 Å². The number of nitrogens with one attached hydrogen (secondary N) is 1. The van der Waals surface area contributed by atoms with Crippen LogP contribution in [0.15, 0.2) is 46.9 Å². The Balaban J connectivity index is 2.18. The van der Waals surface area contributed by atoms with E-state index in [-0.39, 0.29) is 25.0 Å². The van der Waals surface area contributed by atoms with E-state index in [0.29, 0.717) is 23.1 Å². The number of benzene rings is 2. The lowest BCUT2D eigenvalue weighted by atomic mass is 10.1. The zero-order valence-electron chi connectivity index (χ0n) is 16.6. The van der Waals surface area contributed by atoms with E-state index in [1.807, 2.05) is 31.2 Å². The van der Waals surface area contributed by atoms with Gasteiger partial charge in [0.1, 0.15) is 17.5 Å². The number of ether oxygens (including phenoxy) is 2. The van der Waals surface area contributed by atoms with Gasteiger partial charge < -0.3 is 19.7 Å². The number of methoxy groups -OCH3 is 1. The summed E-state index contributed by atoms with van der Waals surface area (Å²) in [6, 6.07) is 11.8. The van der Waals surface area contributed by atoms with Crippen molar-refractivity contribution in [3.8, 4) is 11.5 Å². The summed E-state index contributed by atoms with van der Waals surface area (Å²) in [5.41, 5.74) is 0.843. The Bertz CT molecular complexity index is 862. The summed E-state index contributed by atoms with van der Waals surface area (Å²) in [5, 5.41) is 3.15. The number of hydrogen-bond acceptors (Lipinski definition) is 4. The third-order valence-electron chi connectivity index (χ3n) is 4.25. The van der Waals surface area contributed by atoms with Crippen molar-refractivity contribution in [3.05, 3.63) is 57.5 Å². The van der Waals surface area contributed by atoms with Crippen molar-refractivity contribution < 1.29 is 19.1 Å². The number of likely N-dealkylation sites (N-methyl/N-ethyl adjacent to an activating group) is 1. The highest BCUT2D eigenvalue weighted by molar-refractivity contribution is 9.10. The predicted octanol–water partition coefficient (Wildman–Crippen LogP) is 4.04. The zero-order chi connectivity index (χ0) is 21.4. The molecule has 8 heteroatoms. The molecular weight excluding hydrogens is 460 g/mol. The minimum atomic E-state index is -0.669. The van der Waals surface area contributed by atoms with Crippen molar-refractivity contribution in [1.82, 2.24) is 10.2 Å². The lowest BCUT2D eigenvalue weighted by Gasteiger charge is -2.28. The number of hydrogen-bond donors (Lipinski definition) is 1. The fraction of sp³-hybridized carbons (Fsp3) is 0.333. The van der Waals surface area contributed by atoms with Gasteiger partial charge in [-0.1, -0.05) is 39.7 Å². The van der Waals surface area contributed by atoms with Gasteiger partial charge in [0, 0.05) is 17.6 Å². The molecule has 2 amide bonds. The largest absolute Gasteiger partial charge is 0.497 e. The molecule has 29 heavy (non-hydrogen) atoms. The topological polar surface area (TPSA) is 67.9 Å². The summed E-state index contributed by atoms with van der Waals surface area (Å²) >= 11 is 9.48. The van der Waals surface area contributed by atoms with Gasteiger partial charge in [0.2, 0.25) is 5.91 Å². The fourth-order valence-electron chi connectivity index (χ4n) is 2.69. The zero-order valence-corrected chi connectivity index (χ0v) is 18.9. The van der Waals surface area contributed by atoms with Crippen LogP contribution in [0.3, 0.4) is 0 Å². The van der Waals surface area contributed by atoms with Crippen LogP contribution in [0, 0.1) is 0 Å². The molecule has 1 atom stereocenters. The Morgan fingerprint density at radius 3 is 2.66 bits per heavy atom. The molecule has 0 radical (unpaired) electrons. The van der Waals surface area contributed by atoms with Gasteiger partial charge in [-0.05, 0) is 49.7 Å². The van der Waals surface area contributed by atoms with Crippen LogP contribution in [0.2, 0.25) is 5.02 Å². The minimum absolute atomic E-state index is 0.231. The second kappa shape index (κ2) is 11.1. The standard InChI is InChI=1S/C21H24BrClN2O4/c1-4-24-21(27)14(2)25(12-15-6-5-7-17(10-15)28-3)20(26)13-29-19-9-8-16(22)11-18(19)23/h5-11,14H,4,12-13H2,1-3H3,(H,24,27)/t14-/m1/s1. The van der Waals surface area contributed by atoms with Crippen molar-refractivity contribution in [3.63, 3.8) is 0 Å². The molecule has 156 valence electrons. The Morgan fingerprint density at radius 2 is 2.00 bits per heavy atom. The highest BCUT2D eigenvalue weighted by Crippen LogP contribution is 2.27. The predicted molar refractivity (Wildman–Crippen MR) is 116 cm³/mol. The molecule has 6 nitrogen and oxygen atoms in total. The molecule has 0 aliphatic heterocycles. The molecule has 2 aromatic carbocycles. The lowest BCUT2D eigenvalue weighted by molar-refractivity contribution is -0.142. The highest BCUT2D eigenvalue weighted by atomic mass is 79.9. The first-order valence-corrected chi connectivity index (χ1v) is 10.3. The van der Waals surface area contributed by atoms with Crippen molar-refractivity contribution >= 4 is 39.3 Å². The van der Waals surface area contributed by atoms with Crippen LogP contribution in [0.5, 0.6) is 11.5 Å². The maximum atomic E-state index is 12.9. The first-order valence-electron chi connectivity index (χ1n) is 9.13. The summed E-state index contributed by atoms with van der Waals surface area (Å²) in [6.07, 6.45) is 0. The SMILES string of the molecule is CCNC(=O)[C@@H](C)N(Cc1cccc(OC)c1)C(=O)COc1ccc(Br)cc1Cl. The third-order valence-corrected chi connectivity index (χ3v) is 5.04. The van der Waals surface area contributed by atoms with E-state index >= 15 is 0 Å². The number of nitrogens with zero attached hydrogens (tertiary/aromatic N) is 1. The number of amides is 2. The quantitative estimate of drug-likeness (QED) is 0.584. The molecule has 0 saturated carbocycles. The molecule has 0 fully saturated rings. The van der Waals surface area contributed by atoms with E-state index in [2.05, 4.69) is 21.2 Å². The Morgan fingerprint density at radius 1 is 1.24 bits per heavy atom. The van der Waals surface area contributed by atoms with Crippen LogP contribution in [-0.4, -0.2) is 43.0 Å². The van der Waals surface area contributed by atoms with E-state index in [1.54, 1.807) is 32.2 Å². The van der Waals surface area contributed by atoms with Gasteiger partial charge in [-0.25, -0.2) is 0 Å². The highest BCUT2D eigenvalue weighted by Gasteiger charge is 2.26. The van der Waals surface area contributed by atoms with Crippen molar-refractivity contribution in [2.45, 2.75) is 26.4 Å². The molecule has 0 unspecified atom stereocenters. The van der Waals surface area contributed by atoms with E-state index < -0.39 is 6.04 Å². The molecule has 0 heterocycles. The Kier molecular flexibility index (Phi) is 8.79. The van der Waals surface area contributed by atoms with Gasteiger partial charge in [0.25, 0.3) is 5.91 Å². The summed E-state index contributed by atoms with van der Waals surface area (Å²) < 4.78 is 11.7. The van der Waals surface area contributed by atoms with Crippen molar-refractivity contribution in [1.29, 1.82) is 0 Å². The Hall–Kier alpha value is -2.25. The maximum absolute atomic E-state index is 12.9. The maximum Gasteiger partial charge on any atom is 0.261 e. The van der Waals surface area contributed by atoms with Crippen LogP contribution in [0.1, 0.15) is 19.4 Å². The average molecular weight is 484 g/mol. The van der Waals surface area contributed by atoms with E-state index in [9.17, 15) is 9.59 Å². The van der Waals surface area contributed by atoms with Crippen LogP contribution < -0.4 is 14.8 Å². The van der Waals surface area contributed by atoms with Crippen LogP contribution >= 0.6 is 27.5 Å². The monoisotopic (exact) mass is 482 g/mol. The van der Waals surface area contributed by atoms with Crippen molar-refractivity contribution in [2.75, 3.05) is 20.3 Å². The molecule has 0 aliphatic rings. The number of halogens is 2. The molecule has 0 spiro atoms. The number of carbonyl (C=O) groups excluding carboxylic acids is 2. The van der Waals surface area contributed by atoms with Gasteiger partial charge in [-0.15, -0.1) is 0 Å². The lowest BCUT2D eigenvalue weighted by Crippen LogP contribution is -2.49. The summed E-state index contributed by atoms with van der Waals surface area (Å²) in [4.78, 5) is 26.8. The number of carbonyl (C=O) groups is 2. The fourth-order valence-corrected chi connectivity index (χ4v) is 3.41. The molecule has 0 bridgehead atoms. The molecule has 2 aromatic rings. The van der Waals surface area contributed by atoms with Crippen LogP contribution in [-0.2, 0) is 16.1 Å². The first kappa shape index (κ1) is 23.0.